The van der Waals surface area contributed by atoms with Crippen molar-refractivity contribution in [3.63, 3.8) is 0 Å². The topological polar surface area (TPSA) is 77.9 Å². The summed E-state index contributed by atoms with van der Waals surface area (Å²) in [6.45, 7) is 3.96. The molecule has 0 unspecified atom stereocenters. The van der Waals surface area contributed by atoms with Gasteiger partial charge in [0.2, 0.25) is 0 Å². The lowest BCUT2D eigenvalue weighted by molar-refractivity contribution is -0.121. The van der Waals surface area contributed by atoms with Crippen molar-refractivity contribution in [1.29, 1.82) is 0 Å². The van der Waals surface area contributed by atoms with Crippen LogP contribution in [0.4, 0.5) is 5.69 Å². The van der Waals surface area contributed by atoms with Crippen LogP contribution < -0.4 is 4.90 Å². The van der Waals surface area contributed by atoms with Gasteiger partial charge in [0, 0.05) is 25.3 Å². The molecule has 0 spiro atoms. The van der Waals surface area contributed by atoms with Crippen LogP contribution in [0.25, 0.3) is 6.08 Å². The molecule has 134 valence electrons. The SMILES string of the molecule is CCN1CCc2cc(C=C3SC(=S)N(CCS(=O)(=O)O)C3=O)ccc21. The van der Waals surface area contributed by atoms with Crippen LogP contribution in [-0.2, 0) is 21.3 Å². The number of thiocarbonyl (C=S) groups is 1. The number of fused-ring (bicyclic) bond motifs is 1. The Kier molecular flexibility index (Phi) is 5.19. The van der Waals surface area contributed by atoms with Gasteiger partial charge in [-0.3, -0.25) is 14.2 Å². The lowest BCUT2D eigenvalue weighted by atomic mass is 10.1. The molecule has 6 nitrogen and oxygen atoms in total. The maximum atomic E-state index is 12.4. The number of anilines is 1. The van der Waals surface area contributed by atoms with Gasteiger partial charge in [0.05, 0.1) is 10.7 Å². The first kappa shape index (κ1) is 18.4. The van der Waals surface area contributed by atoms with Crippen LogP contribution in [0.3, 0.4) is 0 Å². The van der Waals surface area contributed by atoms with Gasteiger partial charge in [0.15, 0.2) is 0 Å². The van der Waals surface area contributed by atoms with E-state index in [1.54, 1.807) is 6.08 Å². The van der Waals surface area contributed by atoms with Crippen LogP contribution in [-0.4, -0.2) is 53.5 Å². The Hall–Kier alpha value is -1.42. The van der Waals surface area contributed by atoms with Gasteiger partial charge in [0.25, 0.3) is 16.0 Å². The number of amides is 1. The summed E-state index contributed by atoms with van der Waals surface area (Å²) in [6, 6.07) is 6.12. The van der Waals surface area contributed by atoms with Gasteiger partial charge in [-0.05, 0) is 42.7 Å². The summed E-state index contributed by atoms with van der Waals surface area (Å²) in [5.74, 6) is -0.854. The fraction of sp³-hybridized carbons (Fsp3) is 0.375. The highest BCUT2D eigenvalue weighted by Crippen LogP contribution is 2.34. The number of rotatable bonds is 5. The molecule has 2 heterocycles. The first-order chi connectivity index (χ1) is 11.8. The molecule has 0 atom stereocenters. The van der Waals surface area contributed by atoms with Crippen LogP contribution in [0.2, 0.25) is 0 Å². The number of carbonyl (C=O) groups is 1. The average molecular weight is 399 g/mol. The number of nitrogens with zero attached hydrogens (tertiary/aromatic N) is 2. The Morgan fingerprint density at radius 2 is 2.16 bits per heavy atom. The minimum Gasteiger partial charge on any atom is -0.371 e. The molecule has 1 aromatic rings. The Morgan fingerprint density at radius 3 is 2.84 bits per heavy atom. The molecule has 0 saturated carbocycles. The molecule has 2 aliphatic heterocycles. The van der Waals surface area contributed by atoms with Crippen molar-refractivity contribution in [3.05, 3.63) is 34.2 Å². The Labute approximate surface area is 156 Å². The first-order valence-corrected chi connectivity index (χ1v) is 10.7. The summed E-state index contributed by atoms with van der Waals surface area (Å²) in [7, 11) is -4.14. The molecular weight excluding hydrogens is 380 g/mol. The van der Waals surface area contributed by atoms with E-state index < -0.39 is 15.9 Å². The summed E-state index contributed by atoms with van der Waals surface area (Å²) >= 11 is 6.30. The van der Waals surface area contributed by atoms with E-state index in [-0.39, 0.29) is 12.5 Å². The summed E-state index contributed by atoms with van der Waals surface area (Å²) < 4.78 is 30.9. The summed E-state index contributed by atoms with van der Waals surface area (Å²) in [4.78, 5) is 16.4. The predicted molar refractivity (Wildman–Crippen MR) is 104 cm³/mol. The zero-order valence-corrected chi connectivity index (χ0v) is 16.1. The molecular formula is C16H18N2O4S3. The highest BCUT2D eigenvalue weighted by Gasteiger charge is 2.32. The fourth-order valence-electron chi connectivity index (χ4n) is 2.96. The quantitative estimate of drug-likeness (QED) is 0.463. The van der Waals surface area contributed by atoms with Crippen LogP contribution in [0.1, 0.15) is 18.1 Å². The van der Waals surface area contributed by atoms with Crippen molar-refractivity contribution >= 4 is 56.1 Å². The standard InChI is InChI=1S/C16H18N2O4S3/c1-2-17-6-5-12-9-11(3-4-13(12)17)10-14-15(19)18(16(23)24-14)7-8-25(20,21)22/h3-4,9-10H,2,5-8H2,1H3,(H,20,21,22). The molecule has 1 saturated heterocycles. The van der Waals surface area contributed by atoms with E-state index in [2.05, 4.69) is 24.0 Å². The second-order valence-electron chi connectivity index (χ2n) is 5.84. The summed E-state index contributed by atoms with van der Waals surface area (Å²) in [6.07, 6.45) is 2.77. The number of thioether (sulfide) groups is 1. The molecule has 9 heteroatoms. The number of likely N-dealkylation sites (N-methyl/N-ethyl adjacent to an activating group) is 1. The minimum atomic E-state index is -4.14. The van der Waals surface area contributed by atoms with Crippen molar-refractivity contribution in [1.82, 2.24) is 4.90 Å². The number of carbonyl (C=O) groups excluding carboxylic acids is 1. The lowest BCUT2D eigenvalue weighted by Gasteiger charge is -2.16. The Bertz CT molecular complexity index is 864. The van der Waals surface area contributed by atoms with Crippen molar-refractivity contribution in [3.8, 4) is 0 Å². The van der Waals surface area contributed by atoms with E-state index >= 15 is 0 Å². The molecule has 1 aromatic carbocycles. The molecule has 2 aliphatic rings. The molecule has 1 amide bonds. The Balaban J connectivity index is 1.78. The highest BCUT2D eigenvalue weighted by molar-refractivity contribution is 8.26. The number of benzene rings is 1. The van der Waals surface area contributed by atoms with Crippen molar-refractivity contribution in [2.45, 2.75) is 13.3 Å². The maximum absolute atomic E-state index is 12.4. The first-order valence-electron chi connectivity index (χ1n) is 7.87. The average Bonchev–Trinajstić information content (AvgIpc) is 3.06. The smallest absolute Gasteiger partial charge is 0.266 e. The normalized spacial score (nSPS) is 19.2. The Morgan fingerprint density at radius 1 is 1.40 bits per heavy atom. The summed E-state index contributed by atoms with van der Waals surface area (Å²) in [5.41, 5.74) is 3.42. The van der Waals surface area contributed by atoms with Crippen LogP contribution in [0.15, 0.2) is 23.1 Å². The van der Waals surface area contributed by atoms with Crippen molar-refractivity contribution in [2.24, 2.45) is 0 Å². The van der Waals surface area contributed by atoms with E-state index in [9.17, 15) is 13.2 Å². The largest absolute Gasteiger partial charge is 0.371 e. The van der Waals surface area contributed by atoms with Crippen LogP contribution in [0, 0.1) is 0 Å². The predicted octanol–water partition coefficient (Wildman–Crippen LogP) is 2.16. The fourth-order valence-corrected chi connectivity index (χ4v) is 4.68. The van der Waals surface area contributed by atoms with E-state index in [0.717, 1.165) is 36.8 Å². The van der Waals surface area contributed by atoms with Crippen molar-refractivity contribution < 1.29 is 17.8 Å². The van der Waals surface area contributed by atoms with E-state index in [1.165, 1.54) is 16.2 Å². The molecule has 0 aromatic heterocycles. The lowest BCUT2D eigenvalue weighted by Crippen LogP contribution is -2.32. The molecule has 1 fully saturated rings. The van der Waals surface area contributed by atoms with Gasteiger partial charge < -0.3 is 4.90 Å². The number of hydrogen-bond acceptors (Lipinski definition) is 6. The molecule has 0 aliphatic carbocycles. The van der Waals surface area contributed by atoms with Gasteiger partial charge in [-0.1, -0.05) is 30.0 Å². The van der Waals surface area contributed by atoms with Crippen LogP contribution in [0.5, 0.6) is 0 Å². The third kappa shape index (κ3) is 4.05. The third-order valence-corrected chi connectivity index (χ3v) is 6.30. The van der Waals surface area contributed by atoms with Crippen LogP contribution >= 0.6 is 24.0 Å². The molecule has 0 radical (unpaired) electrons. The molecule has 0 bridgehead atoms. The van der Waals surface area contributed by atoms with Gasteiger partial charge in [-0.15, -0.1) is 0 Å². The van der Waals surface area contributed by atoms with E-state index in [1.807, 2.05) is 6.07 Å². The summed E-state index contributed by atoms with van der Waals surface area (Å²) in [5, 5.41) is 0. The van der Waals surface area contributed by atoms with E-state index in [4.69, 9.17) is 16.8 Å². The number of hydrogen-bond donors (Lipinski definition) is 1. The third-order valence-electron chi connectivity index (χ3n) is 4.22. The van der Waals surface area contributed by atoms with Gasteiger partial charge in [-0.25, -0.2) is 0 Å². The molecule has 25 heavy (non-hydrogen) atoms. The molecule has 3 rings (SSSR count). The highest BCUT2D eigenvalue weighted by atomic mass is 32.2. The van der Waals surface area contributed by atoms with Gasteiger partial charge >= 0.3 is 0 Å². The minimum absolute atomic E-state index is 0.142. The van der Waals surface area contributed by atoms with Gasteiger partial charge in [-0.2, -0.15) is 8.42 Å². The van der Waals surface area contributed by atoms with Gasteiger partial charge in [0.1, 0.15) is 4.32 Å². The maximum Gasteiger partial charge on any atom is 0.266 e. The zero-order valence-electron chi connectivity index (χ0n) is 13.6. The monoisotopic (exact) mass is 398 g/mol. The second kappa shape index (κ2) is 7.06. The zero-order chi connectivity index (χ0) is 18.2. The van der Waals surface area contributed by atoms with E-state index in [0.29, 0.717) is 9.23 Å². The van der Waals surface area contributed by atoms with Crippen molar-refractivity contribution in [2.75, 3.05) is 30.3 Å². The molecule has 1 N–H and O–H groups in total. The second-order valence-corrected chi connectivity index (χ2v) is 9.09.